The fourth-order valence-corrected chi connectivity index (χ4v) is 4.53. The molecule has 2 atom stereocenters. The molecule has 0 radical (unpaired) electrons. The van der Waals surface area contributed by atoms with Gasteiger partial charge < -0.3 is 10.1 Å². The second-order valence-electron chi connectivity index (χ2n) is 7.63. The minimum Gasteiger partial charge on any atom is -0.495 e. The molecule has 2 N–H and O–H groups in total. The number of nitrogens with one attached hydrogen (secondary N) is 2. The summed E-state index contributed by atoms with van der Waals surface area (Å²) in [6.07, 6.45) is 1.15. The highest BCUT2D eigenvalue weighted by Crippen LogP contribution is 2.64. The molecule has 1 aliphatic carbocycles. The topological polar surface area (TPSA) is 67.4 Å². The fraction of sp³-hybridized carbons (Fsp3) is 0.400. The van der Waals surface area contributed by atoms with E-state index in [1.54, 1.807) is 7.11 Å². The summed E-state index contributed by atoms with van der Waals surface area (Å²) in [7, 11) is -1.62. The number of hydrogen-bond donors (Lipinski definition) is 2. The van der Waals surface area contributed by atoms with E-state index in [1.807, 2.05) is 42.5 Å². The van der Waals surface area contributed by atoms with Crippen LogP contribution in [0.3, 0.4) is 0 Å². The smallest absolute Gasteiger partial charge is 0.229 e. The van der Waals surface area contributed by atoms with Crippen molar-refractivity contribution in [2.24, 2.45) is 11.3 Å². The van der Waals surface area contributed by atoms with Crippen molar-refractivity contribution in [2.75, 3.05) is 29.9 Å². The lowest BCUT2D eigenvalue weighted by Crippen LogP contribution is -2.09. The molecule has 27 heavy (non-hydrogen) atoms. The molecule has 1 fully saturated rings. The molecule has 7 heteroatoms. The first kappa shape index (κ1) is 19.8. The first-order valence-electron chi connectivity index (χ1n) is 8.77. The maximum atomic E-state index is 11.3. The highest BCUT2D eigenvalue weighted by Gasteiger charge is 2.57. The Bertz CT molecular complexity index is 927. The van der Waals surface area contributed by atoms with E-state index in [0.29, 0.717) is 22.5 Å². The summed E-state index contributed by atoms with van der Waals surface area (Å²) < 4.78 is 30.6. The van der Waals surface area contributed by atoms with Gasteiger partial charge in [-0.3, -0.25) is 4.72 Å². The highest BCUT2D eigenvalue weighted by molar-refractivity contribution is 7.92. The zero-order valence-electron chi connectivity index (χ0n) is 15.9. The summed E-state index contributed by atoms with van der Waals surface area (Å²) in [6, 6.07) is 13.2. The third kappa shape index (κ3) is 4.50. The van der Waals surface area contributed by atoms with Gasteiger partial charge in [-0.05, 0) is 53.1 Å². The Kier molecular flexibility index (Phi) is 5.32. The Labute approximate surface area is 166 Å². The lowest BCUT2D eigenvalue weighted by molar-refractivity contribution is 0.416. The van der Waals surface area contributed by atoms with Gasteiger partial charge in [-0.1, -0.05) is 37.6 Å². The summed E-state index contributed by atoms with van der Waals surface area (Å²) in [5.41, 5.74) is 2.84. The lowest BCUT2D eigenvalue weighted by atomic mass is 10.0. The van der Waals surface area contributed by atoms with E-state index in [0.717, 1.165) is 24.2 Å². The summed E-state index contributed by atoms with van der Waals surface area (Å²) >= 11 is 6.10. The van der Waals surface area contributed by atoms with E-state index in [2.05, 4.69) is 23.9 Å². The van der Waals surface area contributed by atoms with Gasteiger partial charge in [-0.15, -0.1) is 0 Å². The summed E-state index contributed by atoms with van der Waals surface area (Å²) in [6.45, 7) is 5.31. The van der Waals surface area contributed by atoms with Crippen molar-refractivity contribution in [1.82, 2.24) is 0 Å². The minimum absolute atomic E-state index is 0.157. The standard InChI is InChI=1S/C20H25ClN2O3S/c1-20(2)16(12-22-17-11-14(21)7-10-18(17)26-3)19(20)13-5-8-15(9-6-13)23-27(4,24)25/h5-11,16,19,22-23H,12H2,1-4H3/t16-,19-/m0/s1. The average molecular weight is 409 g/mol. The predicted molar refractivity (Wildman–Crippen MR) is 111 cm³/mol. The van der Waals surface area contributed by atoms with Crippen LogP contribution in [0.5, 0.6) is 5.75 Å². The molecular weight excluding hydrogens is 384 g/mol. The number of halogens is 1. The Hall–Kier alpha value is -1.92. The zero-order chi connectivity index (χ0) is 19.8. The van der Waals surface area contributed by atoms with Crippen molar-refractivity contribution in [3.63, 3.8) is 0 Å². The van der Waals surface area contributed by atoms with E-state index < -0.39 is 10.0 Å². The van der Waals surface area contributed by atoms with Crippen molar-refractivity contribution < 1.29 is 13.2 Å². The molecule has 0 aliphatic heterocycles. The number of hydrogen-bond acceptors (Lipinski definition) is 4. The van der Waals surface area contributed by atoms with Crippen molar-refractivity contribution in [3.8, 4) is 5.75 Å². The fourth-order valence-electron chi connectivity index (χ4n) is 3.80. The maximum Gasteiger partial charge on any atom is 0.229 e. The quantitative estimate of drug-likeness (QED) is 0.704. The number of rotatable bonds is 7. The minimum atomic E-state index is -3.26. The molecule has 2 aromatic carbocycles. The van der Waals surface area contributed by atoms with Crippen molar-refractivity contribution in [1.29, 1.82) is 0 Å². The third-order valence-corrected chi connectivity index (χ3v) is 6.14. The molecule has 0 amide bonds. The first-order chi connectivity index (χ1) is 12.6. The molecule has 0 spiro atoms. The third-order valence-electron chi connectivity index (χ3n) is 5.30. The molecule has 3 rings (SSSR count). The SMILES string of the molecule is COc1ccc(Cl)cc1NC[C@H]1[C@H](c2ccc(NS(C)(=O)=O)cc2)C1(C)C. The van der Waals surface area contributed by atoms with Gasteiger partial charge in [0, 0.05) is 17.3 Å². The van der Waals surface area contributed by atoms with Gasteiger partial charge in [-0.2, -0.15) is 0 Å². The van der Waals surface area contributed by atoms with E-state index in [1.165, 1.54) is 5.56 Å². The van der Waals surface area contributed by atoms with Crippen LogP contribution in [0.4, 0.5) is 11.4 Å². The van der Waals surface area contributed by atoms with Crippen LogP contribution < -0.4 is 14.8 Å². The molecule has 146 valence electrons. The maximum absolute atomic E-state index is 11.3. The molecule has 0 unspecified atom stereocenters. The van der Waals surface area contributed by atoms with E-state index in [4.69, 9.17) is 16.3 Å². The molecule has 0 saturated heterocycles. The zero-order valence-corrected chi connectivity index (χ0v) is 17.5. The second-order valence-corrected chi connectivity index (χ2v) is 9.81. The highest BCUT2D eigenvalue weighted by atomic mass is 35.5. The second kappa shape index (κ2) is 7.24. The van der Waals surface area contributed by atoms with Gasteiger partial charge in [0.25, 0.3) is 0 Å². The number of benzene rings is 2. The largest absolute Gasteiger partial charge is 0.495 e. The van der Waals surface area contributed by atoms with Crippen LogP contribution in [0.25, 0.3) is 0 Å². The van der Waals surface area contributed by atoms with Gasteiger partial charge in [0.1, 0.15) is 5.75 Å². The van der Waals surface area contributed by atoms with Gasteiger partial charge in [0.15, 0.2) is 0 Å². The molecule has 0 heterocycles. The Balaban J connectivity index is 1.69. The monoisotopic (exact) mass is 408 g/mol. The molecular formula is C20H25ClN2O3S. The van der Waals surface area contributed by atoms with Crippen LogP contribution in [0.2, 0.25) is 5.02 Å². The number of sulfonamides is 1. The number of anilines is 2. The molecule has 1 saturated carbocycles. The van der Waals surface area contributed by atoms with Crippen LogP contribution in [-0.2, 0) is 10.0 Å². The summed E-state index contributed by atoms with van der Waals surface area (Å²) in [5, 5.41) is 4.13. The lowest BCUT2D eigenvalue weighted by Gasteiger charge is -2.12. The van der Waals surface area contributed by atoms with Crippen molar-refractivity contribution >= 4 is 33.0 Å². The number of ether oxygens (including phenoxy) is 1. The Morgan fingerprint density at radius 3 is 2.41 bits per heavy atom. The van der Waals surface area contributed by atoms with Crippen LogP contribution in [-0.4, -0.2) is 28.3 Å². The van der Waals surface area contributed by atoms with Gasteiger partial charge >= 0.3 is 0 Å². The van der Waals surface area contributed by atoms with E-state index in [-0.39, 0.29) is 5.41 Å². The summed E-state index contributed by atoms with van der Waals surface area (Å²) in [4.78, 5) is 0. The van der Waals surface area contributed by atoms with Crippen molar-refractivity contribution in [3.05, 3.63) is 53.1 Å². The van der Waals surface area contributed by atoms with E-state index in [9.17, 15) is 8.42 Å². The first-order valence-corrected chi connectivity index (χ1v) is 11.0. The van der Waals surface area contributed by atoms with Crippen LogP contribution >= 0.6 is 11.6 Å². The predicted octanol–water partition coefficient (Wildman–Crippen LogP) is 4.57. The Morgan fingerprint density at radius 1 is 1.15 bits per heavy atom. The molecule has 0 bridgehead atoms. The van der Waals surface area contributed by atoms with Crippen LogP contribution in [0.1, 0.15) is 25.3 Å². The molecule has 1 aliphatic rings. The van der Waals surface area contributed by atoms with Crippen LogP contribution in [0.15, 0.2) is 42.5 Å². The van der Waals surface area contributed by atoms with Gasteiger partial charge in [0.2, 0.25) is 10.0 Å². The number of methoxy groups -OCH3 is 1. The average Bonchev–Trinajstić information content (AvgIpc) is 3.13. The summed E-state index contributed by atoms with van der Waals surface area (Å²) in [5.74, 6) is 1.63. The van der Waals surface area contributed by atoms with E-state index >= 15 is 0 Å². The van der Waals surface area contributed by atoms with Crippen LogP contribution in [0, 0.1) is 11.3 Å². The van der Waals surface area contributed by atoms with Crippen molar-refractivity contribution in [2.45, 2.75) is 19.8 Å². The van der Waals surface area contributed by atoms with Gasteiger partial charge in [0.05, 0.1) is 19.1 Å². The molecule has 0 aromatic heterocycles. The van der Waals surface area contributed by atoms with Gasteiger partial charge in [-0.25, -0.2) is 8.42 Å². The normalized spacial score (nSPS) is 20.8. The molecule has 2 aromatic rings. The molecule has 5 nitrogen and oxygen atoms in total. The Morgan fingerprint density at radius 2 is 1.81 bits per heavy atom.